The van der Waals surface area contributed by atoms with Gasteiger partial charge in [-0.05, 0) is 19.8 Å². The number of halogens is 1. The lowest BCUT2D eigenvalue weighted by molar-refractivity contribution is 0.0645. The van der Waals surface area contributed by atoms with Crippen molar-refractivity contribution in [3.05, 3.63) is 11.3 Å². The minimum absolute atomic E-state index is 0.221. The highest BCUT2D eigenvalue weighted by Gasteiger charge is 2.19. The maximum atomic E-state index is 5.88. The van der Waals surface area contributed by atoms with Gasteiger partial charge in [0.2, 0.25) is 5.88 Å². The predicted octanol–water partition coefficient (Wildman–Crippen LogP) is 2.03. The van der Waals surface area contributed by atoms with Crippen LogP contribution in [0, 0.1) is 6.92 Å². The highest BCUT2D eigenvalue weighted by atomic mass is 35.5. The molecular formula is C11H17ClN2O2. The van der Waals surface area contributed by atoms with Gasteiger partial charge < -0.3 is 9.47 Å². The molecule has 5 heteroatoms. The molecule has 1 saturated heterocycles. The van der Waals surface area contributed by atoms with E-state index in [0.717, 1.165) is 36.6 Å². The lowest BCUT2D eigenvalue weighted by Gasteiger charge is -2.12. The van der Waals surface area contributed by atoms with Crippen molar-refractivity contribution in [1.29, 1.82) is 0 Å². The number of hydrogen-bond acceptors (Lipinski definition) is 3. The van der Waals surface area contributed by atoms with Crippen LogP contribution in [-0.4, -0.2) is 29.1 Å². The zero-order valence-electron chi connectivity index (χ0n) is 9.70. The number of alkyl halides is 1. The Morgan fingerprint density at radius 3 is 3.06 bits per heavy atom. The second-order valence-electron chi connectivity index (χ2n) is 4.07. The minimum atomic E-state index is 0.221. The molecule has 0 spiro atoms. The van der Waals surface area contributed by atoms with Crippen LogP contribution in [-0.2, 0) is 17.7 Å². The lowest BCUT2D eigenvalue weighted by atomic mass is 10.2. The summed E-state index contributed by atoms with van der Waals surface area (Å²) in [5.74, 6) is 1.20. The summed E-state index contributed by atoms with van der Waals surface area (Å²) in [6.07, 6.45) is 2.42. The Morgan fingerprint density at radius 2 is 2.44 bits per heavy atom. The molecule has 0 bridgehead atoms. The maximum absolute atomic E-state index is 5.88. The molecule has 1 aromatic rings. The Hall–Kier alpha value is -0.740. The third-order valence-electron chi connectivity index (χ3n) is 2.85. The molecule has 0 radical (unpaired) electrons. The maximum Gasteiger partial charge on any atom is 0.216 e. The van der Waals surface area contributed by atoms with Gasteiger partial charge in [-0.2, -0.15) is 5.10 Å². The number of ether oxygens (including phenoxy) is 2. The zero-order valence-corrected chi connectivity index (χ0v) is 10.5. The Morgan fingerprint density at radius 1 is 1.62 bits per heavy atom. The van der Waals surface area contributed by atoms with E-state index < -0.39 is 0 Å². The van der Waals surface area contributed by atoms with Crippen molar-refractivity contribution in [3.8, 4) is 5.88 Å². The summed E-state index contributed by atoms with van der Waals surface area (Å²) in [6.45, 7) is 3.38. The van der Waals surface area contributed by atoms with E-state index in [9.17, 15) is 0 Å². The molecule has 0 N–H and O–H groups in total. The fourth-order valence-electron chi connectivity index (χ4n) is 1.96. The van der Waals surface area contributed by atoms with Crippen LogP contribution in [0.3, 0.4) is 0 Å². The van der Waals surface area contributed by atoms with Gasteiger partial charge >= 0.3 is 0 Å². The first-order chi connectivity index (χ1) is 7.72. The molecular weight excluding hydrogens is 228 g/mol. The number of aromatic nitrogens is 2. The summed E-state index contributed by atoms with van der Waals surface area (Å²) in [7, 11) is 1.87. The van der Waals surface area contributed by atoms with Gasteiger partial charge in [-0.1, -0.05) is 0 Å². The van der Waals surface area contributed by atoms with Crippen molar-refractivity contribution in [2.75, 3.05) is 13.2 Å². The lowest BCUT2D eigenvalue weighted by Crippen LogP contribution is -2.17. The normalized spacial score (nSPS) is 20.3. The Balaban J connectivity index is 2.02. The van der Waals surface area contributed by atoms with Gasteiger partial charge in [-0.3, -0.25) is 0 Å². The second kappa shape index (κ2) is 5.06. The summed E-state index contributed by atoms with van der Waals surface area (Å²) in [6, 6.07) is 0. The fraction of sp³-hybridized carbons (Fsp3) is 0.727. The van der Waals surface area contributed by atoms with E-state index in [1.165, 1.54) is 0 Å². The van der Waals surface area contributed by atoms with Crippen LogP contribution in [0.15, 0.2) is 0 Å². The van der Waals surface area contributed by atoms with Gasteiger partial charge in [0.25, 0.3) is 0 Å². The average molecular weight is 245 g/mol. The number of nitrogens with zero attached hydrogens (tertiary/aromatic N) is 2. The van der Waals surface area contributed by atoms with Crippen molar-refractivity contribution >= 4 is 11.6 Å². The molecule has 0 amide bonds. The van der Waals surface area contributed by atoms with Gasteiger partial charge in [0, 0.05) is 13.7 Å². The van der Waals surface area contributed by atoms with Gasteiger partial charge in [-0.15, -0.1) is 11.6 Å². The summed E-state index contributed by atoms with van der Waals surface area (Å²) in [4.78, 5) is 0. The molecule has 0 aliphatic carbocycles. The quantitative estimate of drug-likeness (QED) is 0.761. The van der Waals surface area contributed by atoms with E-state index in [-0.39, 0.29) is 6.10 Å². The molecule has 0 saturated carbocycles. The topological polar surface area (TPSA) is 36.3 Å². The Labute approximate surface area is 100 Å². The molecule has 90 valence electrons. The van der Waals surface area contributed by atoms with E-state index >= 15 is 0 Å². The van der Waals surface area contributed by atoms with E-state index in [4.69, 9.17) is 21.1 Å². The fourth-order valence-corrected chi connectivity index (χ4v) is 2.27. The van der Waals surface area contributed by atoms with Gasteiger partial charge in [0.15, 0.2) is 0 Å². The van der Waals surface area contributed by atoms with Crippen LogP contribution in [0.5, 0.6) is 5.88 Å². The van der Waals surface area contributed by atoms with Crippen LogP contribution >= 0.6 is 11.6 Å². The van der Waals surface area contributed by atoms with Gasteiger partial charge in [0.1, 0.15) is 6.61 Å². The van der Waals surface area contributed by atoms with Crippen LogP contribution in [0.1, 0.15) is 24.1 Å². The highest BCUT2D eigenvalue weighted by molar-refractivity contribution is 6.17. The second-order valence-corrected chi connectivity index (χ2v) is 4.34. The largest absolute Gasteiger partial charge is 0.475 e. The van der Waals surface area contributed by atoms with Gasteiger partial charge in [0.05, 0.1) is 23.2 Å². The van der Waals surface area contributed by atoms with Crippen molar-refractivity contribution in [3.63, 3.8) is 0 Å². The van der Waals surface area contributed by atoms with E-state index in [0.29, 0.717) is 12.5 Å². The third-order valence-corrected chi connectivity index (χ3v) is 3.12. The monoisotopic (exact) mass is 244 g/mol. The van der Waals surface area contributed by atoms with Crippen LogP contribution in [0.25, 0.3) is 0 Å². The smallest absolute Gasteiger partial charge is 0.216 e. The van der Waals surface area contributed by atoms with E-state index in [2.05, 4.69) is 5.10 Å². The summed E-state index contributed by atoms with van der Waals surface area (Å²) in [5, 5.41) is 4.29. The van der Waals surface area contributed by atoms with E-state index in [1.54, 1.807) is 4.68 Å². The first kappa shape index (κ1) is 11.7. The molecule has 1 fully saturated rings. The average Bonchev–Trinajstić information content (AvgIpc) is 2.83. The van der Waals surface area contributed by atoms with E-state index in [1.807, 2.05) is 14.0 Å². The molecule has 1 aliphatic heterocycles. The number of hydrogen-bond donors (Lipinski definition) is 0. The minimum Gasteiger partial charge on any atom is -0.475 e. The highest BCUT2D eigenvalue weighted by Crippen LogP contribution is 2.24. The van der Waals surface area contributed by atoms with Crippen LogP contribution < -0.4 is 4.74 Å². The summed E-state index contributed by atoms with van der Waals surface area (Å²) in [5.41, 5.74) is 1.90. The number of rotatable bonds is 4. The molecule has 2 rings (SSSR count). The Kier molecular flexibility index (Phi) is 3.71. The van der Waals surface area contributed by atoms with Gasteiger partial charge in [-0.25, -0.2) is 4.68 Å². The van der Waals surface area contributed by atoms with Crippen molar-refractivity contribution in [2.45, 2.75) is 31.7 Å². The predicted molar refractivity (Wildman–Crippen MR) is 62.0 cm³/mol. The molecule has 2 heterocycles. The molecule has 1 aliphatic rings. The van der Waals surface area contributed by atoms with Crippen LogP contribution in [0.2, 0.25) is 0 Å². The standard InChI is InChI=1S/C11H17ClN2O2/c1-8-10(6-12)11(14(2)13-8)16-7-9-4-3-5-15-9/h9H,3-7H2,1-2H3. The molecule has 1 unspecified atom stereocenters. The van der Waals surface area contributed by atoms with Crippen molar-refractivity contribution in [2.24, 2.45) is 7.05 Å². The van der Waals surface area contributed by atoms with Crippen molar-refractivity contribution < 1.29 is 9.47 Å². The summed E-state index contributed by atoms with van der Waals surface area (Å²) < 4.78 is 13.0. The molecule has 4 nitrogen and oxygen atoms in total. The first-order valence-corrected chi connectivity index (χ1v) is 6.08. The Bertz CT molecular complexity index is 359. The van der Waals surface area contributed by atoms with Crippen molar-refractivity contribution in [1.82, 2.24) is 9.78 Å². The molecule has 1 atom stereocenters. The zero-order chi connectivity index (χ0) is 11.5. The SMILES string of the molecule is Cc1nn(C)c(OCC2CCCO2)c1CCl. The van der Waals surface area contributed by atoms with Crippen LogP contribution in [0.4, 0.5) is 0 Å². The first-order valence-electron chi connectivity index (χ1n) is 5.55. The molecule has 16 heavy (non-hydrogen) atoms. The third kappa shape index (κ3) is 2.33. The number of aryl methyl sites for hydroxylation is 2. The molecule has 0 aromatic carbocycles. The molecule has 1 aromatic heterocycles. The summed E-state index contributed by atoms with van der Waals surface area (Å²) >= 11 is 5.88.